The van der Waals surface area contributed by atoms with Crippen molar-refractivity contribution in [3.05, 3.63) is 47.1 Å². The van der Waals surface area contributed by atoms with Crippen LogP contribution < -0.4 is 5.32 Å². The Kier molecular flexibility index (Phi) is 3.74. The van der Waals surface area contributed by atoms with Gasteiger partial charge in [-0.05, 0) is 29.8 Å². The molecule has 0 saturated carbocycles. The second-order valence-corrected chi connectivity index (χ2v) is 4.02. The predicted molar refractivity (Wildman–Crippen MR) is 67.5 cm³/mol. The summed E-state index contributed by atoms with van der Waals surface area (Å²) in [6.45, 7) is 0. The van der Waals surface area contributed by atoms with Gasteiger partial charge in [-0.3, -0.25) is 4.79 Å². The van der Waals surface area contributed by atoms with E-state index < -0.39 is 0 Å². The summed E-state index contributed by atoms with van der Waals surface area (Å²) < 4.78 is 0. The van der Waals surface area contributed by atoms with E-state index in [4.69, 9.17) is 11.6 Å². The Bertz CT molecular complexity index is 558. The molecule has 0 spiro atoms. The van der Waals surface area contributed by atoms with E-state index in [0.29, 0.717) is 5.82 Å². The highest BCUT2D eigenvalue weighted by atomic mass is 35.5. The summed E-state index contributed by atoms with van der Waals surface area (Å²) in [7, 11) is 0. The van der Waals surface area contributed by atoms with E-state index in [1.54, 1.807) is 30.3 Å². The SMILES string of the molecule is O=C(Cc1cccc(O)c1)Nc1ccc(Cl)nn1. The predicted octanol–water partition coefficient (Wildman–Crippen LogP) is 2.02. The van der Waals surface area contributed by atoms with Crippen LogP contribution in [0.2, 0.25) is 5.15 Å². The van der Waals surface area contributed by atoms with Crippen LogP contribution >= 0.6 is 11.6 Å². The summed E-state index contributed by atoms with van der Waals surface area (Å²) in [5, 5.41) is 19.5. The van der Waals surface area contributed by atoms with Gasteiger partial charge in [0.15, 0.2) is 11.0 Å². The first-order valence-electron chi connectivity index (χ1n) is 5.20. The van der Waals surface area contributed by atoms with Crippen LogP contribution in [0.25, 0.3) is 0 Å². The molecule has 0 bridgehead atoms. The van der Waals surface area contributed by atoms with Gasteiger partial charge in [0, 0.05) is 0 Å². The Morgan fingerprint density at radius 1 is 1.28 bits per heavy atom. The second kappa shape index (κ2) is 5.46. The number of hydrogen-bond acceptors (Lipinski definition) is 4. The lowest BCUT2D eigenvalue weighted by atomic mass is 10.1. The maximum Gasteiger partial charge on any atom is 0.229 e. The third kappa shape index (κ3) is 3.43. The van der Waals surface area contributed by atoms with Gasteiger partial charge < -0.3 is 10.4 Å². The van der Waals surface area contributed by atoms with Gasteiger partial charge in [-0.25, -0.2) is 0 Å². The van der Waals surface area contributed by atoms with Crippen molar-refractivity contribution < 1.29 is 9.90 Å². The number of amides is 1. The number of aromatic hydroxyl groups is 1. The van der Waals surface area contributed by atoms with Crippen molar-refractivity contribution in [3.63, 3.8) is 0 Å². The molecule has 1 heterocycles. The highest BCUT2D eigenvalue weighted by molar-refractivity contribution is 6.29. The lowest BCUT2D eigenvalue weighted by molar-refractivity contribution is -0.115. The number of benzene rings is 1. The first-order chi connectivity index (χ1) is 8.63. The van der Waals surface area contributed by atoms with Crippen molar-refractivity contribution in [1.82, 2.24) is 10.2 Å². The average Bonchev–Trinajstić information content (AvgIpc) is 2.32. The number of carbonyl (C=O) groups is 1. The molecule has 92 valence electrons. The topological polar surface area (TPSA) is 75.1 Å². The molecule has 0 aliphatic carbocycles. The molecule has 0 saturated heterocycles. The molecule has 1 amide bonds. The Labute approximate surface area is 108 Å². The third-order valence-corrected chi connectivity index (χ3v) is 2.38. The number of phenolic OH excluding ortho intramolecular Hbond substituents is 1. The maximum atomic E-state index is 11.7. The lowest BCUT2D eigenvalue weighted by Gasteiger charge is -2.04. The maximum absolute atomic E-state index is 11.7. The zero-order valence-corrected chi connectivity index (χ0v) is 10.1. The van der Waals surface area contributed by atoms with Crippen LogP contribution in [-0.2, 0) is 11.2 Å². The van der Waals surface area contributed by atoms with Crippen LogP contribution in [0.3, 0.4) is 0 Å². The first-order valence-corrected chi connectivity index (χ1v) is 5.58. The molecule has 0 fully saturated rings. The number of hydrogen-bond donors (Lipinski definition) is 2. The smallest absolute Gasteiger partial charge is 0.229 e. The lowest BCUT2D eigenvalue weighted by Crippen LogP contribution is -2.15. The number of phenols is 1. The molecule has 5 nitrogen and oxygen atoms in total. The molecule has 0 atom stereocenters. The fourth-order valence-corrected chi connectivity index (χ4v) is 1.52. The fourth-order valence-electron chi connectivity index (χ4n) is 1.42. The van der Waals surface area contributed by atoms with Gasteiger partial charge in [0.05, 0.1) is 6.42 Å². The van der Waals surface area contributed by atoms with E-state index in [1.807, 2.05) is 0 Å². The van der Waals surface area contributed by atoms with Gasteiger partial charge in [0.1, 0.15) is 5.75 Å². The van der Waals surface area contributed by atoms with Crippen molar-refractivity contribution in [1.29, 1.82) is 0 Å². The Balaban J connectivity index is 1.98. The molecule has 2 rings (SSSR count). The van der Waals surface area contributed by atoms with Gasteiger partial charge >= 0.3 is 0 Å². The molecule has 1 aromatic carbocycles. The van der Waals surface area contributed by atoms with Gasteiger partial charge in [-0.2, -0.15) is 0 Å². The number of nitrogens with one attached hydrogen (secondary N) is 1. The highest BCUT2D eigenvalue weighted by Crippen LogP contribution is 2.12. The van der Waals surface area contributed by atoms with E-state index in [-0.39, 0.29) is 23.2 Å². The van der Waals surface area contributed by atoms with Gasteiger partial charge in [-0.1, -0.05) is 23.7 Å². The van der Waals surface area contributed by atoms with Crippen LogP contribution in [0.15, 0.2) is 36.4 Å². The van der Waals surface area contributed by atoms with Crippen molar-refractivity contribution in [3.8, 4) is 5.75 Å². The molecule has 0 radical (unpaired) electrons. The van der Waals surface area contributed by atoms with Gasteiger partial charge in [0.2, 0.25) is 5.91 Å². The summed E-state index contributed by atoms with van der Waals surface area (Å²) in [4.78, 5) is 11.7. The number of aromatic nitrogens is 2. The van der Waals surface area contributed by atoms with Gasteiger partial charge in [0.25, 0.3) is 0 Å². The Hall–Kier alpha value is -2.14. The second-order valence-electron chi connectivity index (χ2n) is 3.64. The Morgan fingerprint density at radius 2 is 2.11 bits per heavy atom. The number of rotatable bonds is 3. The zero-order chi connectivity index (χ0) is 13.0. The van der Waals surface area contributed by atoms with Gasteiger partial charge in [-0.15, -0.1) is 10.2 Å². The van der Waals surface area contributed by atoms with Crippen molar-refractivity contribution in [2.45, 2.75) is 6.42 Å². The van der Waals surface area contributed by atoms with E-state index in [2.05, 4.69) is 15.5 Å². The molecule has 1 aromatic heterocycles. The van der Waals surface area contributed by atoms with Crippen molar-refractivity contribution in [2.24, 2.45) is 0 Å². The normalized spacial score (nSPS) is 10.1. The highest BCUT2D eigenvalue weighted by Gasteiger charge is 2.05. The minimum atomic E-state index is -0.239. The van der Waals surface area contributed by atoms with E-state index in [1.165, 1.54) is 6.07 Å². The van der Waals surface area contributed by atoms with E-state index >= 15 is 0 Å². The van der Waals surface area contributed by atoms with Crippen LogP contribution in [0.5, 0.6) is 5.75 Å². The number of anilines is 1. The third-order valence-electron chi connectivity index (χ3n) is 2.17. The zero-order valence-electron chi connectivity index (χ0n) is 9.30. The number of nitrogens with zero attached hydrogens (tertiary/aromatic N) is 2. The van der Waals surface area contributed by atoms with Crippen LogP contribution in [0.4, 0.5) is 5.82 Å². The standard InChI is InChI=1S/C12H10ClN3O2/c13-10-4-5-11(16-15-10)14-12(18)7-8-2-1-3-9(17)6-8/h1-6,17H,7H2,(H,14,16,18). The quantitative estimate of drug-likeness (QED) is 0.888. The summed E-state index contributed by atoms with van der Waals surface area (Å²) in [6, 6.07) is 9.63. The largest absolute Gasteiger partial charge is 0.508 e. The molecular formula is C12H10ClN3O2. The molecule has 0 aliphatic heterocycles. The fraction of sp³-hybridized carbons (Fsp3) is 0.0833. The number of halogens is 1. The minimum absolute atomic E-state index is 0.131. The summed E-state index contributed by atoms with van der Waals surface area (Å²) in [6.07, 6.45) is 0.151. The summed E-state index contributed by atoms with van der Waals surface area (Å²) in [5.74, 6) is 0.230. The molecular weight excluding hydrogens is 254 g/mol. The Morgan fingerprint density at radius 3 is 2.78 bits per heavy atom. The monoisotopic (exact) mass is 263 g/mol. The molecule has 2 aromatic rings. The first kappa shape index (κ1) is 12.3. The molecule has 0 aliphatic rings. The van der Waals surface area contributed by atoms with Crippen molar-refractivity contribution >= 4 is 23.3 Å². The molecule has 2 N–H and O–H groups in total. The summed E-state index contributed by atoms with van der Waals surface area (Å²) >= 11 is 5.58. The van der Waals surface area contributed by atoms with Crippen molar-refractivity contribution in [2.75, 3.05) is 5.32 Å². The van der Waals surface area contributed by atoms with Crippen LogP contribution in [0.1, 0.15) is 5.56 Å². The minimum Gasteiger partial charge on any atom is -0.508 e. The number of carbonyl (C=O) groups excluding carboxylic acids is 1. The molecule has 0 unspecified atom stereocenters. The summed E-state index contributed by atoms with van der Waals surface area (Å²) in [5.41, 5.74) is 0.717. The average molecular weight is 264 g/mol. The van der Waals surface area contributed by atoms with E-state index in [0.717, 1.165) is 5.56 Å². The molecule has 6 heteroatoms. The van der Waals surface area contributed by atoms with E-state index in [9.17, 15) is 9.90 Å². The van der Waals surface area contributed by atoms with Crippen LogP contribution in [-0.4, -0.2) is 21.2 Å². The molecule has 18 heavy (non-hydrogen) atoms. The van der Waals surface area contributed by atoms with Crippen LogP contribution in [0, 0.1) is 0 Å².